The van der Waals surface area contributed by atoms with Crippen molar-refractivity contribution in [2.45, 2.75) is 6.29 Å². The molecule has 1 N–H and O–H groups in total. The molecule has 0 aromatic heterocycles. The molecule has 0 aromatic rings. The Morgan fingerprint density at radius 1 is 1.60 bits per heavy atom. The van der Waals surface area contributed by atoms with E-state index in [2.05, 4.69) is 9.47 Å². The van der Waals surface area contributed by atoms with Crippen molar-refractivity contribution >= 4 is 5.97 Å². The van der Waals surface area contributed by atoms with Gasteiger partial charge in [0.2, 0.25) is 0 Å². The summed E-state index contributed by atoms with van der Waals surface area (Å²) >= 11 is 0. The fourth-order valence-electron chi connectivity index (χ4n) is 0.307. The van der Waals surface area contributed by atoms with Crippen LogP contribution in [0.4, 0.5) is 0 Å². The summed E-state index contributed by atoms with van der Waals surface area (Å²) < 4.78 is 8.66. The Labute approximate surface area is 59.1 Å². The first-order valence-electron chi connectivity index (χ1n) is 2.67. The Hall–Kier alpha value is -0.870. The number of carbonyl (C=O) groups excluding carboxylic acids is 1. The zero-order chi connectivity index (χ0) is 7.98. The van der Waals surface area contributed by atoms with Gasteiger partial charge in [0.15, 0.2) is 6.29 Å². The number of ether oxygens (including phenoxy) is 2. The van der Waals surface area contributed by atoms with Gasteiger partial charge in [0.1, 0.15) is 0 Å². The molecular formula is C6H10O4. The number of carbonyl (C=O) groups is 1. The quantitative estimate of drug-likeness (QED) is 0.337. The summed E-state index contributed by atoms with van der Waals surface area (Å²) in [5.74, 6) is -0.517. The highest BCUT2D eigenvalue weighted by Gasteiger charge is 1.95. The molecule has 0 spiro atoms. The first-order chi connectivity index (χ1) is 4.70. The second kappa shape index (κ2) is 4.96. The summed E-state index contributed by atoms with van der Waals surface area (Å²) in [6, 6.07) is 0. The molecule has 0 aliphatic rings. The predicted molar refractivity (Wildman–Crippen MR) is 34.2 cm³/mol. The third kappa shape index (κ3) is 4.05. The second-order valence-electron chi connectivity index (χ2n) is 1.51. The van der Waals surface area contributed by atoms with Crippen molar-refractivity contribution < 1.29 is 19.4 Å². The highest BCUT2D eigenvalue weighted by molar-refractivity contribution is 5.81. The minimum atomic E-state index is -1.04. The average Bonchev–Trinajstić information content (AvgIpc) is 1.99. The first kappa shape index (κ1) is 9.13. The van der Waals surface area contributed by atoms with E-state index in [4.69, 9.17) is 5.11 Å². The van der Waals surface area contributed by atoms with Crippen LogP contribution < -0.4 is 0 Å². The van der Waals surface area contributed by atoms with Crippen molar-refractivity contribution in [2.24, 2.45) is 0 Å². The van der Waals surface area contributed by atoms with E-state index < -0.39 is 12.3 Å². The third-order valence-electron chi connectivity index (χ3n) is 0.840. The van der Waals surface area contributed by atoms with Gasteiger partial charge in [-0.05, 0) is 6.08 Å². The molecule has 0 aliphatic carbocycles. The van der Waals surface area contributed by atoms with Crippen LogP contribution in [0.3, 0.4) is 0 Å². The van der Waals surface area contributed by atoms with Crippen LogP contribution in [-0.4, -0.2) is 31.6 Å². The molecule has 0 bridgehead atoms. The highest BCUT2D eigenvalue weighted by atomic mass is 16.6. The first-order valence-corrected chi connectivity index (χ1v) is 2.67. The van der Waals surface area contributed by atoms with Crippen molar-refractivity contribution in [1.29, 1.82) is 0 Å². The van der Waals surface area contributed by atoms with Crippen LogP contribution in [0.1, 0.15) is 0 Å². The van der Waals surface area contributed by atoms with Gasteiger partial charge in [-0.1, -0.05) is 0 Å². The van der Waals surface area contributed by atoms with Crippen molar-refractivity contribution in [3.05, 3.63) is 12.2 Å². The van der Waals surface area contributed by atoms with E-state index >= 15 is 0 Å². The third-order valence-corrected chi connectivity index (χ3v) is 0.840. The molecule has 1 unspecified atom stereocenters. The lowest BCUT2D eigenvalue weighted by Gasteiger charge is -1.99. The maximum Gasteiger partial charge on any atom is 0.330 e. The van der Waals surface area contributed by atoms with Crippen molar-refractivity contribution in [2.75, 3.05) is 14.2 Å². The molecule has 0 saturated heterocycles. The molecule has 0 aliphatic heterocycles. The maximum absolute atomic E-state index is 10.4. The van der Waals surface area contributed by atoms with Crippen LogP contribution in [0.2, 0.25) is 0 Å². The molecule has 0 rings (SSSR count). The number of aliphatic hydroxyl groups excluding tert-OH is 1. The molecular weight excluding hydrogens is 136 g/mol. The molecule has 1 atom stereocenters. The van der Waals surface area contributed by atoms with E-state index in [1.807, 2.05) is 0 Å². The zero-order valence-electron chi connectivity index (χ0n) is 5.90. The van der Waals surface area contributed by atoms with Gasteiger partial charge in [-0.25, -0.2) is 4.79 Å². The summed E-state index contributed by atoms with van der Waals surface area (Å²) in [5.41, 5.74) is 0. The van der Waals surface area contributed by atoms with Crippen molar-refractivity contribution in [1.82, 2.24) is 0 Å². The second-order valence-corrected chi connectivity index (χ2v) is 1.51. The smallest absolute Gasteiger partial charge is 0.330 e. The van der Waals surface area contributed by atoms with Crippen LogP contribution in [0.25, 0.3) is 0 Å². The van der Waals surface area contributed by atoms with Crippen LogP contribution in [0.15, 0.2) is 12.2 Å². The molecule has 58 valence electrons. The fraction of sp³-hybridized carbons (Fsp3) is 0.500. The number of esters is 1. The molecule has 0 aromatic carbocycles. The van der Waals surface area contributed by atoms with E-state index in [-0.39, 0.29) is 0 Å². The van der Waals surface area contributed by atoms with E-state index in [1.165, 1.54) is 20.3 Å². The van der Waals surface area contributed by atoms with Gasteiger partial charge in [-0.2, -0.15) is 0 Å². The van der Waals surface area contributed by atoms with Crippen LogP contribution in [0, 0.1) is 0 Å². The Balaban J connectivity index is 3.63. The largest absolute Gasteiger partial charge is 0.466 e. The van der Waals surface area contributed by atoms with E-state index in [0.717, 1.165) is 6.08 Å². The summed E-state index contributed by atoms with van der Waals surface area (Å²) in [6.45, 7) is 0. The summed E-state index contributed by atoms with van der Waals surface area (Å²) in [7, 11) is 2.58. The Morgan fingerprint density at radius 3 is 2.60 bits per heavy atom. The SMILES string of the molecule is COC(=O)/C=C/C(O)OC. The molecule has 0 radical (unpaired) electrons. The van der Waals surface area contributed by atoms with Gasteiger partial charge in [0, 0.05) is 13.2 Å². The lowest BCUT2D eigenvalue weighted by atomic mass is 10.5. The standard InChI is InChI=1S/C6H10O4/c1-9-5(7)3-4-6(8)10-2/h3-5,7H,1-2H3/b4-3+. The van der Waals surface area contributed by atoms with Crippen LogP contribution >= 0.6 is 0 Å². The normalized spacial score (nSPS) is 13.5. The van der Waals surface area contributed by atoms with Gasteiger partial charge in [-0.15, -0.1) is 0 Å². The maximum atomic E-state index is 10.4. The Kier molecular flexibility index (Phi) is 4.53. The number of methoxy groups -OCH3 is 2. The van der Waals surface area contributed by atoms with Crippen LogP contribution in [-0.2, 0) is 14.3 Å². The Bertz CT molecular complexity index is 130. The number of hydrogen-bond acceptors (Lipinski definition) is 4. The lowest BCUT2D eigenvalue weighted by molar-refractivity contribution is -0.135. The van der Waals surface area contributed by atoms with E-state index in [1.54, 1.807) is 0 Å². The summed E-state index contributed by atoms with van der Waals surface area (Å²) in [6.07, 6.45) is 1.24. The van der Waals surface area contributed by atoms with E-state index in [0.29, 0.717) is 0 Å². The number of rotatable bonds is 3. The lowest BCUT2D eigenvalue weighted by Crippen LogP contribution is -2.05. The van der Waals surface area contributed by atoms with Crippen molar-refractivity contribution in [3.63, 3.8) is 0 Å². The topological polar surface area (TPSA) is 55.8 Å². The molecule has 10 heavy (non-hydrogen) atoms. The average molecular weight is 146 g/mol. The molecule has 4 nitrogen and oxygen atoms in total. The molecule has 0 heterocycles. The van der Waals surface area contributed by atoms with Gasteiger partial charge in [0.25, 0.3) is 0 Å². The monoisotopic (exact) mass is 146 g/mol. The highest BCUT2D eigenvalue weighted by Crippen LogP contribution is 1.86. The summed E-state index contributed by atoms with van der Waals surface area (Å²) in [5, 5.41) is 8.69. The van der Waals surface area contributed by atoms with Gasteiger partial charge in [-0.3, -0.25) is 0 Å². The van der Waals surface area contributed by atoms with E-state index in [9.17, 15) is 4.79 Å². The zero-order valence-corrected chi connectivity index (χ0v) is 5.90. The fourth-order valence-corrected chi connectivity index (χ4v) is 0.307. The minimum absolute atomic E-state index is 0.517. The van der Waals surface area contributed by atoms with Crippen molar-refractivity contribution in [3.8, 4) is 0 Å². The molecule has 4 heteroatoms. The molecule has 0 amide bonds. The number of hydrogen-bond donors (Lipinski definition) is 1. The van der Waals surface area contributed by atoms with Gasteiger partial charge < -0.3 is 14.6 Å². The van der Waals surface area contributed by atoms with Crippen LogP contribution in [0.5, 0.6) is 0 Å². The van der Waals surface area contributed by atoms with Gasteiger partial charge >= 0.3 is 5.97 Å². The Morgan fingerprint density at radius 2 is 2.20 bits per heavy atom. The molecule has 0 saturated carbocycles. The molecule has 0 fully saturated rings. The predicted octanol–water partition coefficient (Wildman–Crippen LogP) is -0.320. The van der Waals surface area contributed by atoms with Gasteiger partial charge in [0.05, 0.1) is 7.11 Å². The minimum Gasteiger partial charge on any atom is -0.466 e. The summed E-state index contributed by atoms with van der Waals surface area (Å²) in [4.78, 5) is 10.4. The number of aliphatic hydroxyl groups is 1.